The van der Waals surface area contributed by atoms with Gasteiger partial charge in [0, 0.05) is 36.4 Å². The molecular weight excluding hydrogens is 580 g/mol. The smallest absolute Gasteiger partial charge is 0.240 e. The van der Waals surface area contributed by atoms with Crippen LogP contribution >= 0.6 is 11.6 Å². The summed E-state index contributed by atoms with van der Waals surface area (Å²) in [6, 6.07) is 10.6. The first-order valence-corrected chi connectivity index (χ1v) is 15.5. The van der Waals surface area contributed by atoms with Crippen LogP contribution in [0.25, 0.3) is 0 Å². The Kier molecular flexibility index (Phi) is 10.3. The van der Waals surface area contributed by atoms with E-state index in [1.54, 1.807) is 13.0 Å². The largest absolute Gasteiger partial charge is 0.368 e. The van der Waals surface area contributed by atoms with Gasteiger partial charge in [-0.1, -0.05) is 35.9 Å². The second-order valence-electron chi connectivity index (χ2n) is 12.3. The number of rotatable bonds is 9. The highest BCUT2D eigenvalue weighted by atomic mass is 35.5. The molecule has 1 fully saturated rings. The minimum atomic E-state index is -1.02. The van der Waals surface area contributed by atoms with Crippen LogP contribution in [-0.2, 0) is 25.6 Å². The Balaban J connectivity index is 1.70. The average molecular weight is 621 g/mol. The maximum absolute atomic E-state index is 14.1. The van der Waals surface area contributed by atoms with Crippen LogP contribution in [0.3, 0.4) is 0 Å². The van der Waals surface area contributed by atoms with Crippen LogP contribution in [0.5, 0.6) is 0 Å². The number of likely N-dealkylation sites (tertiary alicyclic amines) is 1. The minimum absolute atomic E-state index is 0.0258. The standard InChI is InChI=1S/C33H41ClN6O4/c1-20-16-26(22(19-36)17-25(20)34)38-32(44)24(12-14-35)30-23-9-5-4-8-21(23)18-27(31(37)43)40(30)29(42)11-10-28(41)39-15-7-6-13-33(39,2)3/h4-5,8-9,16-17,24,27,30H,6-7,10-15,18,35H2,1-3H3,(H2,37,43)(H,38,44)/t24-,27?,30?/m0/s1. The molecule has 2 aromatic rings. The van der Waals surface area contributed by atoms with Crippen LogP contribution in [0.4, 0.5) is 5.69 Å². The highest BCUT2D eigenvalue weighted by molar-refractivity contribution is 6.31. The Morgan fingerprint density at radius 2 is 1.84 bits per heavy atom. The number of carbonyl (C=O) groups is 4. The van der Waals surface area contributed by atoms with Crippen LogP contribution in [0, 0.1) is 24.2 Å². The third-order valence-electron chi connectivity index (χ3n) is 8.92. The molecule has 234 valence electrons. The molecule has 4 rings (SSSR count). The zero-order valence-corrected chi connectivity index (χ0v) is 26.3. The molecule has 3 atom stereocenters. The first-order valence-electron chi connectivity index (χ1n) is 15.1. The maximum atomic E-state index is 14.1. The van der Waals surface area contributed by atoms with Gasteiger partial charge >= 0.3 is 0 Å². The van der Waals surface area contributed by atoms with Crippen molar-refractivity contribution >= 4 is 40.9 Å². The summed E-state index contributed by atoms with van der Waals surface area (Å²) in [6.45, 7) is 6.58. The van der Waals surface area contributed by atoms with Crippen molar-refractivity contribution in [1.29, 1.82) is 5.26 Å². The Bertz CT molecular complexity index is 1490. The van der Waals surface area contributed by atoms with Crippen molar-refractivity contribution in [3.63, 3.8) is 0 Å². The zero-order chi connectivity index (χ0) is 32.2. The molecule has 0 radical (unpaired) electrons. The number of aryl methyl sites for hydroxylation is 1. The number of piperidine rings is 1. The molecule has 5 N–H and O–H groups in total. The van der Waals surface area contributed by atoms with Gasteiger partial charge in [-0.15, -0.1) is 0 Å². The SMILES string of the molecule is Cc1cc(NC(=O)[C@@H](CCN)C2c3ccccc3CC(C(N)=O)N2C(=O)CCC(=O)N2CCCCC2(C)C)c(C#N)cc1Cl. The predicted octanol–water partition coefficient (Wildman–Crippen LogP) is 3.97. The van der Waals surface area contributed by atoms with E-state index in [1.165, 1.54) is 11.0 Å². The number of primary amides is 1. The van der Waals surface area contributed by atoms with Crippen molar-refractivity contribution in [3.05, 3.63) is 63.7 Å². The number of fused-ring (bicyclic) bond motifs is 1. The summed E-state index contributed by atoms with van der Waals surface area (Å²) in [5.74, 6) is -2.63. The zero-order valence-electron chi connectivity index (χ0n) is 25.6. The fourth-order valence-corrected chi connectivity index (χ4v) is 6.72. The topological polar surface area (TPSA) is 163 Å². The van der Waals surface area contributed by atoms with Gasteiger partial charge in [0.2, 0.25) is 23.6 Å². The molecular formula is C33H41ClN6O4. The third kappa shape index (κ3) is 6.90. The first-order chi connectivity index (χ1) is 20.9. The number of anilines is 1. The third-order valence-corrected chi connectivity index (χ3v) is 9.32. The molecule has 0 bridgehead atoms. The molecule has 10 nitrogen and oxygen atoms in total. The molecule has 44 heavy (non-hydrogen) atoms. The number of benzene rings is 2. The second-order valence-corrected chi connectivity index (χ2v) is 12.7. The maximum Gasteiger partial charge on any atom is 0.240 e. The van der Waals surface area contributed by atoms with Crippen LogP contribution < -0.4 is 16.8 Å². The molecule has 1 saturated heterocycles. The Morgan fingerprint density at radius 3 is 2.50 bits per heavy atom. The van der Waals surface area contributed by atoms with Crippen molar-refractivity contribution < 1.29 is 19.2 Å². The summed E-state index contributed by atoms with van der Waals surface area (Å²) in [6.07, 6.45) is 3.04. The van der Waals surface area contributed by atoms with Crippen molar-refractivity contribution in [2.75, 3.05) is 18.4 Å². The highest BCUT2D eigenvalue weighted by Crippen LogP contribution is 2.41. The van der Waals surface area contributed by atoms with Gasteiger partial charge in [-0.3, -0.25) is 19.2 Å². The van der Waals surface area contributed by atoms with Crippen LogP contribution in [0.15, 0.2) is 36.4 Å². The molecule has 4 amide bonds. The van der Waals surface area contributed by atoms with Gasteiger partial charge in [0.1, 0.15) is 12.1 Å². The van der Waals surface area contributed by atoms with E-state index in [0.29, 0.717) is 22.7 Å². The molecule has 2 aliphatic heterocycles. The monoisotopic (exact) mass is 620 g/mol. The first kappa shape index (κ1) is 33.0. The molecule has 2 heterocycles. The van der Waals surface area contributed by atoms with Crippen molar-refractivity contribution in [1.82, 2.24) is 9.80 Å². The van der Waals surface area contributed by atoms with E-state index in [0.717, 1.165) is 24.8 Å². The second kappa shape index (κ2) is 13.8. The van der Waals surface area contributed by atoms with Gasteiger partial charge in [-0.25, -0.2) is 0 Å². The quantitative estimate of drug-likeness (QED) is 0.384. The van der Waals surface area contributed by atoms with Crippen LogP contribution in [0.2, 0.25) is 5.02 Å². The molecule has 0 aliphatic carbocycles. The summed E-state index contributed by atoms with van der Waals surface area (Å²) >= 11 is 6.21. The van der Waals surface area contributed by atoms with Crippen molar-refractivity contribution in [3.8, 4) is 6.07 Å². The minimum Gasteiger partial charge on any atom is -0.368 e. The van der Waals surface area contributed by atoms with Crippen molar-refractivity contribution in [2.24, 2.45) is 17.4 Å². The number of nitrogens with two attached hydrogens (primary N) is 2. The predicted molar refractivity (Wildman–Crippen MR) is 168 cm³/mol. The lowest BCUT2D eigenvalue weighted by atomic mass is 9.79. The number of nitriles is 1. The Labute approximate surface area is 263 Å². The normalized spacial score (nSPS) is 19.8. The molecule has 2 aromatic carbocycles. The molecule has 0 aromatic heterocycles. The summed E-state index contributed by atoms with van der Waals surface area (Å²) < 4.78 is 0. The van der Waals surface area contributed by atoms with E-state index in [9.17, 15) is 24.4 Å². The summed E-state index contributed by atoms with van der Waals surface area (Å²) in [4.78, 5) is 57.5. The average Bonchev–Trinajstić information content (AvgIpc) is 2.99. The summed E-state index contributed by atoms with van der Waals surface area (Å²) in [5.41, 5.74) is 14.3. The molecule has 2 unspecified atom stereocenters. The van der Waals surface area contributed by atoms with Gasteiger partial charge in [0.25, 0.3) is 0 Å². The van der Waals surface area contributed by atoms with Crippen molar-refractivity contribution in [2.45, 2.75) is 83.3 Å². The number of carbonyl (C=O) groups excluding carboxylic acids is 4. The summed E-state index contributed by atoms with van der Waals surface area (Å²) in [5, 5.41) is 12.9. The number of halogens is 1. The van der Waals surface area contributed by atoms with Gasteiger partial charge < -0.3 is 26.6 Å². The number of amides is 4. The van der Waals surface area contributed by atoms with Gasteiger partial charge in [0.05, 0.1) is 23.2 Å². The van der Waals surface area contributed by atoms with Crippen LogP contribution in [-0.4, -0.2) is 58.1 Å². The Morgan fingerprint density at radius 1 is 1.14 bits per heavy atom. The Hall–Kier alpha value is -3.94. The lowest BCUT2D eigenvalue weighted by Crippen LogP contribution is -2.56. The molecule has 2 aliphatic rings. The number of nitrogens with zero attached hydrogens (tertiary/aromatic N) is 3. The lowest BCUT2D eigenvalue weighted by Gasteiger charge is -2.45. The molecule has 11 heteroatoms. The number of hydrogen-bond acceptors (Lipinski definition) is 6. The number of nitrogens with one attached hydrogen (secondary N) is 1. The fourth-order valence-electron chi connectivity index (χ4n) is 6.56. The van der Waals surface area contributed by atoms with E-state index in [1.807, 2.05) is 43.0 Å². The van der Waals surface area contributed by atoms with Crippen LogP contribution in [0.1, 0.15) is 80.7 Å². The number of hydrogen-bond donors (Lipinski definition) is 3. The van der Waals surface area contributed by atoms with E-state index < -0.39 is 35.7 Å². The van der Waals surface area contributed by atoms with E-state index >= 15 is 0 Å². The van der Waals surface area contributed by atoms with Gasteiger partial charge in [-0.05, 0) is 81.8 Å². The van der Waals surface area contributed by atoms with Gasteiger partial charge in [-0.2, -0.15) is 5.26 Å². The molecule has 0 spiro atoms. The van der Waals surface area contributed by atoms with Gasteiger partial charge in [0.15, 0.2) is 0 Å². The fraction of sp³-hybridized carbons (Fsp3) is 0.485. The summed E-state index contributed by atoms with van der Waals surface area (Å²) in [7, 11) is 0. The van der Waals surface area contributed by atoms with E-state index in [2.05, 4.69) is 11.4 Å². The lowest BCUT2D eigenvalue weighted by molar-refractivity contribution is -0.149. The molecule has 0 saturated carbocycles. The van der Waals surface area contributed by atoms with E-state index in [-0.39, 0.29) is 54.9 Å². The van der Waals surface area contributed by atoms with E-state index in [4.69, 9.17) is 23.1 Å². The highest BCUT2D eigenvalue weighted by Gasteiger charge is 2.45.